The van der Waals surface area contributed by atoms with Crippen LogP contribution in [0.1, 0.15) is 62.2 Å². The van der Waals surface area contributed by atoms with Gasteiger partial charge in [-0.2, -0.15) is 0 Å². The molecule has 1 aromatic carbocycles. The fourth-order valence-electron chi connectivity index (χ4n) is 4.01. The van der Waals surface area contributed by atoms with E-state index in [-0.39, 0.29) is 36.6 Å². The van der Waals surface area contributed by atoms with Crippen LogP contribution < -0.4 is 5.32 Å². The fraction of sp³-hybridized carbons (Fsp3) is 0.464. The van der Waals surface area contributed by atoms with Gasteiger partial charge in [-0.05, 0) is 68.2 Å². The molecule has 3 aromatic rings. The third-order valence-corrected chi connectivity index (χ3v) is 7.99. The van der Waals surface area contributed by atoms with Gasteiger partial charge < -0.3 is 19.0 Å². The molecule has 0 saturated carbocycles. The second-order valence-electron chi connectivity index (χ2n) is 10.6. The van der Waals surface area contributed by atoms with Gasteiger partial charge in [0.1, 0.15) is 5.76 Å². The fourth-order valence-corrected chi connectivity index (χ4v) is 5.12. The SMILES string of the molecule is CNC(=O)c1c(-c2ccc(C)cc2)oc2nc(CN(CCCC(C)(C)C(=O)OCC(C)C)S(=O)[O-])c(I)cc12. The number of carbonyl (C=O) groups excluding carboxylic acids is 2. The molecule has 2 heterocycles. The molecule has 1 amide bonds. The average Bonchev–Trinajstić information content (AvgIpc) is 3.24. The van der Waals surface area contributed by atoms with Crippen molar-refractivity contribution in [3.05, 3.63) is 50.7 Å². The monoisotopic (exact) mass is 668 g/mol. The summed E-state index contributed by atoms with van der Waals surface area (Å²) in [5.41, 5.74) is 2.23. The van der Waals surface area contributed by atoms with Gasteiger partial charge in [0.15, 0.2) is 0 Å². The number of furan rings is 1. The number of nitrogens with one attached hydrogen (secondary N) is 1. The van der Waals surface area contributed by atoms with E-state index in [0.29, 0.717) is 45.4 Å². The van der Waals surface area contributed by atoms with Crippen LogP contribution in [0.4, 0.5) is 0 Å². The summed E-state index contributed by atoms with van der Waals surface area (Å²) in [7, 11) is 1.56. The average molecular weight is 669 g/mol. The van der Waals surface area contributed by atoms with Crippen molar-refractivity contribution < 1.29 is 27.5 Å². The number of ether oxygens (including phenoxy) is 1. The van der Waals surface area contributed by atoms with Crippen molar-refractivity contribution in [3.63, 3.8) is 0 Å². The molecule has 9 nitrogen and oxygen atoms in total. The Kier molecular flexibility index (Phi) is 10.7. The molecule has 0 fully saturated rings. The zero-order chi connectivity index (χ0) is 28.9. The number of halogens is 1. The number of fused-ring (bicyclic) bond motifs is 1. The Morgan fingerprint density at radius 2 is 1.92 bits per heavy atom. The highest BCUT2D eigenvalue weighted by Crippen LogP contribution is 2.35. The molecule has 1 unspecified atom stereocenters. The number of amides is 1. The zero-order valence-electron chi connectivity index (χ0n) is 23.1. The van der Waals surface area contributed by atoms with E-state index < -0.39 is 16.7 Å². The summed E-state index contributed by atoms with van der Waals surface area (Å²) in [6.45, 7) is 10.1. The largest absolute Gasteiger partial charge is 0.760 e. The maximum Gasteiger partial charge on any atom is 0.311 e. The number of hydrogen-bond acceptors (Lipinski definition) is 7. The first kappa shape index (κ1) is 31.2. The highest BCUT2D eigenvalue weighted by atomic mass is 127. The number of nitrogens with zero attached hydrogens (tertiary/aromatic N) is 2. The van der Waals surface area contributed by atoms with Crippen LogP contribution in [0.25, 0.3) is 22.4 Å². The Hall–Kier alpha value is -2.35. The standard InChI is InChI=1S/C28H36IN3O6S/c1-17(2)16-37-27(34)28(4,5)12-7-13-32(39(35)36)15-22-21(29)14-20-23(25(33)30-6)24(38-26(20)31-22)19-10-8-18(3)9-11-19/h8-11,14,17H,7,12-13,15-16H2,1-6H3,(H,30,33)(H,35,36)/p-1. The van der Waals surface area contributed by atoms with Gasteiger partial charge in [0.2, 0.25) is 5.71 Å². The number of aryl methyl sites for hydroxylation is 1. The molecule has 39 heavy (non-hydrogen) atoms. The van der Waals surface area contributed by atoms with E-state index >= 15 is 0 Å². The molecule has 0 aliphatic carbocycles. The molecule has 3 rings (SSSR count). The van der Waals surface area contributed by atoms with Crippen LogP contribution in [0.3, 0.4) is 0 Å². The second-order valence-corrected chi connectivity index (χ2v) is 12.7. The highest BCUT2D eigenvalue weighted by molar-refractivity contribution is 14.1. The molecule has 11 heteroatoms. The predicted octanol–water partition coefficient (Wildman–Crippen LogP) is 5.37. The van der Waals surface area contributed by atoms with Gasteiger partial charge in [0, 0.05) is 34.0 Å². The number of rotatable bonds is 12. The molecule has 0 spiro atoms. The molecule has 1 atom stereocenters. The van der Waals surface area contributed by atoms with Gasteiger partial charge in [-0.3, -0.25) is 13.8 Å². The first-order chi connectivity index (χ1) is 18.3. The lowest BCUT2D eigenvalue weighted by molar-refractivity contribution is -0.155. The number of aromatic nitrogens is 1. The number of benzene rings is 1. The third-order valence-electron chi connectivity index (χ3n) is 6.32. The van der Waals surface area contributed by atoms with Crippen molar-refractivity contribution in [2.24, 2.45) is 11.3 Å². The van der Waals surface area contributed by atoms with Gasteiger partial charge in [-0.1, -0.05) is 43.7 Å². The molecule has 0 aliphatic heterocycles. The molecule has 2 aromatic heterocycles. The minimum atomic E-state index is -2.51. The summed E-state index contributed by atoms with van der Waals surface area (Å²) in [5, 5.41) is 3.22. The van der Waals surface area contributed by atoms with E-state index in [9.17, 15) is 18.4 Å². The Balaban J connectivity index is 1.83. The molecular formula is C28H35IN3O6S-. The summed E-state index contributed by atoms with van der Waals surface area (Å²) in [6, 6.07) is 9.43. The molecule has 0 aliphatic rings. The normalized spacial score (nSPS) is 12.8. The van der Waals surface area contributed by atoms with Gasteiger partial charge in [0.05, 0.1) is 35.2 Å². The van der Waals surface area contributed by atoms with Crippen LogP contribution in [-0.2, 0) is 27.3 Å². The van der Waals surface area contributed by atoms with E-state index in [1.54, 1.807) is 27.0 Å². The summed E-state index contributed by atoms with van der Waals surface area (Å²) in [4.78, 5) is 29.9. The van der Waals surface area contributed by atoms with Crippen molar-refractivity contribution in [2.75, 3.05) is 20.2 Å². The molecular weight excluding hydrogens is 633 g/mol. The predicted molar refractivity (Wildman–Crippen MR) is 158 cm³/mol. The van der Waals surface area contributed by atoms with Crippen molar-refractivity contribution in [2.45, 2.75) is 54.0 Å². The summed E-state index contributed by atoms with van der Waals surface area (Å²) >= 11 is -0.411. The number of carbonyl (C=O) groups is 2. The summed E-state index contributed by atoms with van der Waals surface area (Å²) in [6.07, 6.45) is 0.935. The molecule has 212 valence electrons. The minimum absolute atomic E-state index is 0.0262. The third kappa shape index (κ3) is 7.86. The van der Waals surface area contributed by atoms with Gasteiger partial charge >= 0.3 is 5.97 Å². The highest BCUT2D eigenvalue weighted by Gasteiger charge is 2.29. The maximum absolute atomic E-state index is 12.8. The molecule has 0 bridgehead atoms. The lowest BCUT2D eigenvalue weighted by Crippen LogP contribution is -2.31. The van der Waals surface area contributed by atoms with Gasteiger partial charge in [-0.15, -0.1) is 0 Å². The second kappa shape index (κ2) is 13.3. The Labute approximate surface area is 245 Å². The van der Waals surface area contributed by atoms with Crippen LogP contribution in [0, 0.1) is 21.8 Å². The Morgan fingerprint density at radius 1 is 1.26 bits per heavy atom. The van der Waals surface area contributed by atoms with Gasteiger partial charge in [-0.25, -0.2) is 9.29 Å². The van der Waals surface area contributed by atoms with Crippen LogP contribution in [0.2, 0.25) is 0 Å². The number of pyridine rings is 1. The van der Waals surface area contributed by atoms with Crippen LogP contribution in [0.5, 0.6) is 0 Å². The van der Waals surface area contributed by atoms with Gasteiger partial charge in [0.25, 0.3) is 5.91 Å². The number of hydrogen-bond donors (Lipinski definition) is 1. The van der Waals surface area contributed by atoms with Crippen molar-refractivity contribution >= 4 is 56.8 Å². The Bertz CT molecular complexity index is 1350. The van der Waals surface area contributed by atoms with Crippen molar-refractivity contribution in [1.29, 1.82) is 0 Å². The van der Waals surface area contributed by atoms with Crippen LogP contribution in [-0.4, -0.2) is 50.1 Å². The topological polar surface area (TPSA) is 125 Å². The minimum Gasteiger partial charge on any atom is -0.760 e. The quantitative estimate of drug-likeness (QED) is 0.156. The van der Waals surface area contributed by atoms with Crippen molar-refractivity contribution in [1.82, 2.24) is 14.6 Å². The van der Waals surface area contributed by atoms with E-state index in [4.69, 9.17) is 9.15 Å². The Morgan fingerprint density at radius 3 is 2.51 bits per heavy atom. The molecule has 1 N–H and O–H groups in total. The summed E-state index contributed by atoms with van der Waals surface area (Å²) in [5.74, 6) is 0.0546. The molecule has 0 radical (unpaired) electrons. The summed E-state index contributed by atoms with van der Waals surface area (Å²) < 4.78 is 37.6. The smallest absolute Gasteiger partial charge is 0.311 e. The lowest BCUT2D eigenvalue weighted by Gasteiger charge is -2.27. The zero-order valence-corrected chi connectivity index (χ0v) is 26.1. The van der Waals surface area contributed by atoms with E-state index in [0.717, 1.165) is 11.1 Å². The number of esters is 1. The maximum atomic E-state index is 12.8. The van der Waals surface area contributed by atoms with Crippen molar-refractivity contribution in [3.8, 4) is 11.3 Å². The van der Waals surface area contributed by atoms with Crippen LogP contribution in [0.15, 0.2) is 34.7 Å². The van der Waals surface area contributed by atoms with E-state index in [1.807, 2.05) is 45.0 Å². The molecule has 0 saturated heterocycles. The lowest BCUT2D eigenvalue weighted by atomic mass is 9.88. The van der Waals surface area contributed by atoms with Crippen LogP contribution >= 0.6 is 22.6 Å². The van der Waals surface area contributed by atoms with E-state index in [1.165, 1.54) is 4.31 Å². The first-order valence-corrected chi connectivity index (χ1v) is 14.9. The van der Waals surface area contributed by atoms with E-state index in [2.05, 4.69) is 32.9 Å². The first-order valence-electron chi connectivity index (χ1n) is 12.8.